The molecule has 0 saturated heterocycles. The van der Waals surface area contributed by atoms with Crippen molar-refractivity contribution in [2.75, 3.05) is 14.2 Å². The van der Waals surface area contributed by atoms with Gasteiger partial charge in [-0.2, -0.15) is 4.73 Å². The van der Waals surface area contributed by atoms with Gasteiger partial charge in [-0.25, -0.2) is 0 Å². The fraction of sp³-hybridized carbons (Fsp3) is 0.182. The molecule has 0 N–H and O–H groups in total. The van der Waals surface area contributed by atoms with Gasteiger partial charge in [0.2, 0.25) is 5.52 Å². The van der Waals surface area contributed by atoms with Gasteiger partial charge in [-0.1, -0.05) is 23.2 Å². The van der Waals surface area contributed by atoms with E-state index in [-0.39, 0.29) is 0 Å². The van der Waals surface area contributed by atoms with Gasteiger partial charge in [0.1, 0.15) is 11.5 Å². The number of benzene rings is 2. The zero-order valence-corrected chi connectivity index (χ0v) is 18.0. The SMILES string of the molecule is COc1ccc2c(Cl)cc[n+]([O-])c2c1C.COc1ccc2c(Cl)ccnc2c1C. The molecule has 150 valence electrons. The Morgan fingerprint density at radius 3 is 2.07 bits per heavy atom. The van der Waals surface area contributed by atoms with Crippen LogP contribution in [0, 0.1) is 19.1 Å². The summed E-state index contributed by atoms with van der Waals surface area (Å²) in [7, 11) is 3.23. The van der Waals surface area contributed by atoms with Gasteiger partial charge in [-0.05, 0) is 44.2 Å². The topological polar surface area (TPSA) is 58.3 Å². The lowest BCUT2D eigenvalue weighted by atomic mass is 10.1. The van der Waals surface area contributed by atoms with E-state index in [0.29, 0.717) is 16.3 Å². The zero-order chi connectivity index (χ0) is 21.1. The smallest absolute Gasteiger partial charge is 0.231 e. The first-order chi connectivity index (χ1) is 13.9. The first-order valence-corrected chi connectivity index (χ1v) is 9.57. The molecule has 4 rings (SSSR count). The highest BCUT2D eigenvalue weighted by atomic mass is 35.5. The molecular formula is C22H20Cl2N2O3. The van der Waals surface area contributed by atoms with E-state index in [1.807, 2.05) is 32.0 Å². The van der Waals surface area contributed by atoms with Crippen LogP contribution in [0.25, 0.3) is 21.8 Å². The molecule has 0 atom stereocenters. The van der Waals surface area contributed by atoms with Gasteiger partial charge in [0.15, 0.2) is 6.20 Å². The van der Waals surface area contributed by atoms with Crippen LogP contribution in [0.2, 0.25) is 10.0 Å². The highest BCUT2D eigenvalue weighted by Crippen LogP contribution is 2.30. The Kier molecular flexibility index (Phi) is 6.30. The Hall–Kier alpha value is -2.76. The highest BCUT2D eigenvalue weighted by Gasteiger charge is 2.14. The maximum absolute atomic E-state index is 11.6. The number of pyridine rings is 2. The van der Waals surface area contributed by atoms with E-state index in [1.165, 1.54) is 6.20 Å². The van der Waals surface area contributed by atoms with Crippen molar-refractivity contribution in [3.8, 4) is 11.5 Å². The second-order valence-electron chi connectivity index (χ2n) is 6.36. The molecule has 0 aliphatic heterocycles. The lowest BCUT2D eigenvalue weighted by molar-refractivity contribution is -0.577. The minimum atomic E-state index is 0.557. The third kappa shape index (κ3) is 4.02. The summed E-state index contributed by atoms with van der Waals surface area (Å²) in [6, 6.07) is 10.8. The van der Waals surface area contributed by atoms with Crippen molar-refractivity contribution in [1.29, 1.82) is 0 Å². The molecule has 0 aliphatic rings. The predicted octanol–water partition coefficient (Wildman–Crippen LogP) is 5.65. The van der Waals surface area contributed by atoms with Crippen LogP contribution in [-0.2, 0) is 0 Å². The van der Waals surface area contributed by atoms with Crippen molar-refractivity contribution in [3.63, 3.8) is 0 Å². The number of fused-ring (bicyclic) bond motifs is 2. The molecule has 2 aromatic heterocycles. The fourth-order valence-electron chi connectivity index (χ4n) is 3.21. The fourth-order valence-corrected chi connectivity index (χ4v) is 3.62. The Labute approximate surface area is 179 Å². The second-order valence-corrected chi connectivity index (χ2v) is 7.17. The Bertz CT molecular complexity index is 1200. The monoisotopic (exact) mass is 430 g/mol. The van der Waals surface area contributed by atoms with E-state index in [4.69, 9.17) is 32.7 Å². The van der Waals surface area contributed by atoms with E-state index >= 15 is 0 Å². The van der Waals surface area contributed by atoms with E-state index < -0.39 is 0 Å². The zero-order valence-electron chi connectivity index (χ0n) is 16.5. The number of nitrogens with zero attached hydrogens (tertiary/aromatic N) is 2. The summed E-state index contributed by atoms with van der Waals surface area (Å²) in [5.41, 5.74) is 3.28. The second kappa shape index (κ2) is 8.72. The Morgan fingerprint density at radius 2 is 1.41 bits per heavy atom. The molecular weight excluding hydrogens is 411 g/mol. The maximum Gasteiger partial charge on any atom is 0.231 e. The van der Waals surface area contributed by atoms with Gasteiger partial charge in [0.05, 0.1) is 40.7 Å². The summed E-state index contributed by atoms with van der Waals surface area (Å²) in [6.45, 7) is 3.82. The van der Waals surface area contributed by atoms with Gasteiger partial charge in [0, 0.05) is 23.2 Å². The number of ether oxygens (including phenoxy) is 2. The van der Waals surface area contributed by atoms with Crippen molar-refractivity contribution in [3.05, 3.63) is 75.2 Å². The summed E-state index contributed by atoms with van der Waals surface area (Å²) >= 11 is 12.0. The number of halogens is 2. The van der Waals surface area contributed by atoms with Crippen LogP contribution in [0.5, 0.6) is 11.5 Å². The lowest BCUT2D eigenvalue weighted by Crippen LogP contribution is -2.27. The van der Waals surface area contributed by atoms with Gasteiger partial charge in [0.25, 0.3) is 0 Å². The van der Waals surface area contributed by atoms with E-state index in [1.54, 1.807) is 38.6 Å². The lowest BCUT2D eigenvalue weighted by Gasteiger charge is -2.08. The van der Waals surface area contributed by atoms with Crippen LogP contribution in [0.1, 0.15) is 11.1 Å². The van der Waals surface area contributed by atoms with Crippen LogP contribution in [-0.4, -0.2) is 19.2 Å². The van der Waals surface area contributed by atoms with Crippen LogP contribution < -0.4 is 14.2 Å². The normalized spacial score (nSPS) is 10.6. The summed E-state index contributed by atoms with van der Waals surface area (Å²) in [5, 5.41) is 14.6. The number of aryl methyl sites for hydroxylation is 2. The number of methoxy groups -OCH3 is 2. The van der Waals surface area contributed by atoms with Crippen LogP contribution in [0.3, 0.4) is 0 Å². The summed E-state index contributed by atoms with van der Waals surface area (Å²) in [5.74, 6) is 1.53. The van der Waals surface area contributed by atoms with Crippen molar-refractivity contribution >= 4 is 45.0 Å². The molecule has 0 saturated carbocycles. The molecule has 4 aromatic rings. The minimum Gasteiger partial charge on any atom is -0.618 e. The van der Waals surface area contributed by atoms with Gasteiger partial charge >= 0.3 is 0 Å². The van der Waals surface area contributed by atoms with Crippen LogP contribution in [0.4, 0.5) is 0 Å². The molecule has 0 spiro atoms. The van der Waals surface area contributed by atoms with Crippen molar-refractivity contribution in [1.82, 2.24) is 4.98 Å². The third-order valence-electron chi connectivity index (χ3n) is 4.72. The van der Waals surface area contributed by atoms with Crippen LogP contribution >= 0.6 is 23.2 Å². The number of hydrogen-bond acceptors (Lipinski definition) is 4. The molecule has 0 fully saturated rings. The average molecular weight is 431 g/mol. The number of hydrogen-bond donors (Lipinski definition) is 0. The summed E-state index contributed by atoms with van der Waals surface area (Å²) < 4.78 is 11.2. The Balaban J connectivity index is 0.000000166. The maximum atomic E-state index is 11.6. The van der Waals surface area contributed by atoms with Crippen LogP contribution in [0.15, 0.2) is 48.8 Å². The quantitative estimate of drug-likeness (QED) is 0.304. The number of aromatic nitrogens is 2. The van der Waals surface area contributed by atoms with Crippen molar-refractivity contribution in [2.45, 2.75) is 13.8 Å². The molecule has 29 heavy (non-hydrogen) atoms. The summed E-state index contributed by atoms with van der Waals surface area (Å²) in [4.78, 5) is 4.29. The molecule has 0 aliphatic carbocycles. The van der Waals surface area contributed by atoms with E-state index in [9.17, 15) is 5.21 Å². The summed E-state index contributed by atoms with van der Waals surface area (Å²) in [6.07, 6.45) is 3.11. The standard InChI is InChI=1S/C11H10ClNO2.C11H10ClNO/c1-7-10(15-2)4-3-8-9(12)5-6-13(14)11(7)8;1-7-10(14-2)4-3-8-9(12)5-6-13-11(7)8/h3-6H,1-2H3;3-6H,1-2H3. The van der Waals surface area contributed by atoms with Gasteiger partial charge in [-0.3, -0.25) is 4.98 Å². The molecule has 0 bridgehead atoms. The van der Waals surface area contributed by atoms with Gasteiger partial charge < -0.3 is 14.7 Å². The van der Waals surface area contributed by atoms with Crippen molar-refractivity contribution < 1.29 is 14.2 Å². The largest absolute Gasteiger partial charge is 0.618 e. The Morgan fingerprint density at radius 1 is 0.828 bits per heavy atom. The highest BCUT2D eigenvalue weighted by molar-refractivity contribution is 6.35. The first-order valence-electron chi connectivity index (χ1n) is 8.81. The van der Waals surface area contributed by atoms with E-state index in [0.717, 1.165) is 42.9 Å². The predicted molar refractivity (Wildman–Crippen MR) is 117 cm³/mol. The molecule has 2 aromatic carbocycles. The minimum absolute atomic E-state index is 0.557. The molecule has 0 amide bonds. The third-order valence-corrected chi connectivity index (χ3v) is 5.38. The molecule has 5 nitrogen and oxygen atoms in total. The first kappa shape index (κ1) is 21.0. The van der Waals surface area contributed by atoms with E-state index in [2.05, 4.69) is 4.98 Å². The number of rotatable bonds is 2. The average Bonchev–Trinajstić information content (AvgIpc) is 2.72. The molecule has 0 radical (unpaired) electrons. The van der Waals surface area contributed by atoms with Crippen molar-refractivity contribution in [2.24, 2.45) is 0 Å². The molecule has 7 heteroatoms. The van der Waals surface area contributed by atoms with Gasteiger partial charge in [-0.15, -0.1) is 0 Å². The molecule has 0 unspecified atom stereocenters. The molecule has 2 heterocycles.